The third kappa shape index (κ3) is 1.65. The van der Waals surface area contributed by atoms with Crippen molar-refractivity contribution in [3.05, 3.63) is 11.4 Å². The van der Waals surface area contributed by atoms with Gasteiger partial charge in [-0.05, 0) is 0 Å². The highest BCUT2D eigenvalue weighted by molar-refractivity contribution is 5.17. The van der Waals surface area contributed by atoms with Gasteiger partial charge in [-0.1, -0.05) is 6.92 Å². The van der Waals surface area contributed by atoms with E-state index in [1.165, 1.54) is 0 Å². The van der Waals surface area contributed by atoms with Gasteiger partial charge in [0.15, 0.2) is 0 Å². The number of halogens is 3. The van der Waals surface area contributed by atoms with Crippen molar-refractivity contribution >= 4 is 0 Å². The first-order chi connectivity index (χ1) is 4.90. The van der Waals surface area contributed by atoms with Gasteiger partial charge >= 0.3 is 6.18 Å². The second-order valence-corrected chi connectivity index (χ2v) is 3.11. The Bertz CT molecular complexity index is 203. The zero-order valence-corrected chi connectivity index (χ0v) is 6.07. The second kappa shape index (κ2) is 2.13. The van der Waals surface area contributed by atoms with E-state index in [-0.39, 0.29) is 5.92 Å². The van der Waals surface area contributed by atoms with Crippen LogP contribution in [0, 0.1) is 12.5 Å². The average Bonchev–Trinajstić information content (AvgIpc) is 2.39. The molecule has 0 amide bonds. The molecule has 0 bridgehead atoms. The maximum atomic E-state index is 11.8. The van der Waals surface area contributed by atoms with Crippen molar-refractivity contribution in [2.24, 2.45) is 5.92 Å². The Kier molecular flexibility index (Phi) is 1.62. The molecule has 0 aromatic rings. The summed E-state index contributed by atoms with van der Waals surface area (Å²) in [6.45, 7) is 8.29. The monoisotopic (exact) mass is 163 g/mol. The Hall–Kier alpha value is -0.720. The molecule has 2 atom stereocenters. The summed E-state index contributed by atoms with van der Waals surface area (Å²) in [6, 6.07) is 0. The largest absolute Gasteiger partial charge is 0.396 e. The van der Waals surface area contributed by atoms with Crippen LogP contribution in [-0.4, -0.2) is 11.7 Å². The molecule has 62 valence electrons. The van der Waals surface area contributed by atoms with Crippen molar-refractivity contribution in [3.8, 4) is 0 Å². The van der Waals surface area contributed by atoms with Crippen LogP contribution < -0.4 is 0 Å². The average molecular weight is 163 g/mol. The highest BCUT2D eigenvalue weighted by atomic mass is 19.4. The van der Waals surface area contributed by atoms with Crippen molar-refractivity contribution in [2.45, 2.75) is 31.5 Å². The van der Waals surface area contributed by atoms with Crippen molar-refractivity contribution in [1.29, 1.82) is 0 Å². The van der Waals surface area contributed by atoms with Gasteiger partial charge in [0.05, 0.1) is 0 Å². The third-order valence-electron chi connectivity index (χ3n) is 2.15. The van der Waals surface area contributed by atoms with Crippen LogP contribution in [0.15, 0.2) is 0 Å². The number of rotatable bonds is 1. The summed E-state index contributed by atoms with van der Waals surface area (Å²) >= 11 is 0. The molecule has 1 aliphatic carbocycles. The normalized spacial score (nSPS) is 36.5. The van der Waals surface area contributed by atoms with Crippen molar-refractivity contribution in [3.63, 3.8) is 0 Å². The Morgan fingerprint density at radius 2 is 2.09 bits per heavy atom. The van der Waals surface area contributed by atoms with E-state index in [0.717, 1.165) is 0 Å². The minimum absolute atomic E-state index is 0.0818. The SMILES string of the molecule is [C-]#[N+]C1(CC(F)(F)F)CC1C. The lowest BCUT2D eigenvalue weighted by molar-refractivity contribution is -0.138. The first kappa shape index (κ1) is 8.38. The van der Waals surface area contributed by atoms with Gasteiger partial charge in [-0.2, -0.15) is 13.2 Å². The lowest BCUT2D eigenvalue weighted by Crippen LogP contribution is -2.19. The van der Waals surface area contributed by atoms with Crippen LogP contribution in [0.3, 0.4) is 0 Å². The van der Waals surface area contributed by atoms with Gasteiger partial charge in [0.2, 0.25) is 5.54 Å². The first-order valence-electron chi connectivity index (χ1n) is 3.35. The van der Waals surface area contributed by atoms with E-state index in [4.69, 9.17) is 6.57 Å². The minimum Gasteiger partial charge on any atom is -0.310 e. The number of hydrogen-bond donors (Lipinski definition) is 0. The Morgan fingerprint density at radius 3 is 2.18 bits per heavy atom. The summed E-state index contributed by atoms with van der Waals surface area (Å²) in [5.41, 5.74) is -1.10. The molecule has 11 heavy (non-hydrogen) atoms. The van der Waals surface area contributed by atoms with Crippen LogP contribution in [0.1, 0.15) is 19.8 Å². The Balaban J connectivity index is 2.57. The summed E-state index contributed by atoms with van der Waals surface area (Å²) in [7, 11) is 0. The number of hydrogen-bond acceptors (Lipinski definition) is 0. The predicted octanol–water partition coefficient (Wildman–Crippen LogP) is 2.64. The molecule has 1 nitrogen and oxygen atoms in total. The fourth-order valence-corrected chi connectivity index (χ4v) is 1.26. The fourth-order valence-electron chi connectivity index (χ4n) is 1.26. The van der Waals surface area contributed by atoms with Crippen LogP contribution in [0.2, 0.25) is 0 Å². The van der Waals surface area contributed by atoms with Gasteiger partial charge in [0.1, 0.15) is 6.42 Å². The molecule has 0 spiro atoms. The Morgan fingerprint density at radius 1 is 1.64 bits per heavy atom. The van der Waals surface area contributed by atoms with Crippen LogP contribution in [0.5, 0.6) is 0 Å². The molecular weight excluding hydrogens is 155 g/mol. The van der Waals surface area contributed by atoms with E-state index in [2.05, 4.69) is 4.85 Å². The molecule has 0 heterocycles. The van der Waals surface area contributed by atoms with Gasteiger partial charge in [-0.15, -0.1) is 0 Å². The zero-order valence-electron chi connectivity index (χ0n) is 6.07. The van der Waals surface area contributed by atoms with Crippen LogP contribution in [0.25, 0.3) is 4.85 Å². The molecule has 1 aliphatic rings. The molecule has 0 radical (unpaired) electrons. The van der Waals surface area contributed by atoms with E-state index in [1.54, 1.807) is 6.92 Å². The summed E-state index contributed by atoms with van der Waals surface area (Å²) < 4.78 is 35.4. The maximum Gasteiger partial charge on any atom is 0.396 e. The van der Waals surface area contributed by atoms with Gasteiger partial charge in [0.25, 0.3) is 0 Å². The summed E-state index contributed by atoms with van der Waals surface area (Å²) in [6.07, 6.45) is -4.73. The van der Waals surface area contributed by atoms with Gasteiger partial charge in [-0.3, -0.25) is 0 Å². The lowest BCUT2D eigenvalue weighted by Gasteiger charge is -2.06. The van der Waals surface area contributed by atoms with E-state index >= 15 is 0 Å². The van der Waals surface area contributed by atoms with E-state index in [1.807, 2.05) is 0 Å². The van der Waals surface area contributed by atoms with Crippen molar-refractivity contribution < 1.29 is 13.2 Å². The van der Waals surface area contributed by atoms with Crippen molar-refractivity contribution in [1.82, 2.24) is 0 Å². The third-order valence-corrected chi connectivity index (χ3v) is 2.15. The molecule has 4 heteroatoms. The van der Waals surface area contributed by atoms with Gasteiger partial charge < -0.3 is 4.85 Å². The molecule has 2 unspecified atom stereocenters. The molecule has 1 rings (SSSR count). The highest BCUT2D eigenvalue weighted by Gasteiger charge is 2.64. The smallest absolute Gasteiger partial charge is 0.310 e. The highest BCUT2D eigenvalue weighted by Crippen LogP contribution is 2.52. The van der Waals surface area contributed by atoms with E-state index in [0.29, 0.717) is 6.42 Å². The molecule has 0 aromatic carbocycles. The maximum absolute atomic E-state index is 11.8. The molecule has 1 saturated carbocycles. The van der Waals surface area contributed by atoms with E-state index < -0.39 is 18.1 Å². The molecule has 0 aliphatic heterocycles. The topological polar surface area (TPSA) is 4.36 Å². The van der Waals surface area contributed by atoms with E-state index in [9.17, 15) is 13.2 Å². The lowest BCUT2D eigenvalue weighted by atomic mass is 10.1. The summed E-state index contributed by atoms with van der Waals surface area (Å²) in [4.78, 5) is 3.03. The standard InChI is InChI=1S/C7H8F3N/c1-5-3-6(5,11-2)4-7(8,9)10/h5H,3-4H2,1H3. The minimum atomic E-state index is -4.19. The number of alkyl halides is 3. The molecule has 1 fully saturated rings. The summed E-state index contributed by atoms with van der Waals surface area (Å²) in [5, 5.41) is 0. The molecule has 0 saturated heterocycles. The molecule has 0 N–H and O–H groups in total. The summed E-state index contributed by atoms with van der Waals surface area (Å²) in [5.74, 6) is -0.0818. The fraction of sp³-hybridized carbons (Fsp3) is 0.857. The van der Waals surface area contributed by atoms with Crippen LogP contribution in [-0.2, 0) is 0 Å². The number of nitrogens with zero attached hydrogens (tertiary/aromatic N) is 1. The second-order valence-electron chi connectivity index (χ2n) is 3.11. The molecular formula is C7H8F3N. The van der Waals surface area contributed by atoms with Crippen LogP contribution >= 0.6 is 0 Å². The first-order valence-corrected chi connectivity index (χ1v) is 3.35. The Labute approximate surface area is 63.0 Å². The van der Waals surface area contributed by atoms with Crippen molar-refractivity contribution in [2.75, 3.05) is 0 Å². The van der Waals surface area contributed by atoms with Gasteiger partial charge in [0, 0.05) is 12.3 Å². The predicted molar refractivity (Wildman–Crippen MR) is 33.8 cm³/mol. The van der Waals surface area contributed by atoms with Crippen LogP contribution in [0.4, 0.5) is 13.2 Å². The quantitative estimate of drug-likeness (QED) is 0.523. The van der Waals surface area contributed by atoms with Gasteiger partial charge in [-0.25, -0.2) is 6.57 Å². The molecule has 0 aromatic heterocycles. The zero-order chi connectivity index (χ0) is 8.70.